The number of benzene rings is 2. The number of ketones is 1. The van der Waals surface area contributed by atoms with E-state index in [9.17, 15) is 9.90 Å². The van der Waals surface area contributed by atoms with E-state index in [1.165, 1.54) is 31.7 Å². The Hall–Kier alpha value is -2.00. The van der Waals surface area contributed by atoms with Crippen molar-refractivity contribution in [3.05, 3.63) is 59.7 Å². The Morgan fingerprint density at radius 3 is 2.32 bits per heavy atom. The quantitative estimate of drug-likeness (QED) is 0.430. The van der Waals surface area contributed by atoms with E-state index in [1.807, 2.05) is 18.2 Å². The molecule has 1 N–H and O–H groups in total. The van der Waals surface area contributed by atoms with Crippen LogP contribution in [0.2, 0.25) is 0 Å². The van der Waals surface area contributed by atoms with Crippen LogP contribution in [0.3, 0.4) is 0 Å². The van der Waals surface area contributed by atoms with Crippen LogP contribution >= 0.6 is 12.4 Å². The van der Waals surface area contributed by atoms with E-state index >= 15 is 0 Å². The molecule has 0 aliphatic heterocycles. The van der Waals surface area contributed by atoms with Crippen molar-refractivity contribution in [1.29, 1.82) is 0 Å². The second-order valence-electron chi connectivity index (χ2n) is 5.99. The molecule has 0 bridgehead atoms. The topological polar surface area (TPSA) is 46.5 Å². The lowest BCUT2D eigenvalue weighted by atomic mass is 10.0. The second-order valence-corrected chi connectivity index (χ2v) is 5.99. The van der Waals surface area contributed by atoms with Gasteiger partial charge in [0.05, 0.1) is 12.2 Å². The summed E-state index contributed by atoms with van der Waals surface area (Å²) in [6, 6.07) is 13.8. The maximum absolute atomic E-state index is 12.4. The van der Waals surface area contributed by atoms with Crippen molar-refractivity contribution in [3.63, 3.8) is 0 Å². The second kappa shape index (κ2) is 11.5. The minimum atomic E-state index is -0.185. The highest BCUT2D eigenvalue weighted by atomic mass is 35.5. The van der Waals surface area contributed by atoms with Gasteiger partial charge in [0.15, 0.2) is 5.78 Å². The molecule has 0 radical (unpaired) electrons. The molecule has 2 aromatic rings. The fourth-order valence-electron chi connectivity index (χ4n) is 2.61. The van der Waals surface area contributed by atoms with Crippen LogP contribution in [0.25, 0.3) is 0 Å². The lowest BCUT2D eigenvalue weighted by Crippen LogP contribution is -2.02. The number of rotatable bonds is 10. The van der Waals surface area contributed by atoms with Gasteiger partial charge in [-0.3, -0.25) is 4.79 Å². The molecule has 2 rings (SSSR count). The fourth-order valence-corrected chi connectivity index (χ4v) is 2.61. The maximum atomic E-state index is 12.4. The lowest BCUT2D eigenvalue weighted by molar-refractivity contribution is 0.103. The molecule has 0 saturated heterocycles. The minimum absolute atomic E-state index is 0. The Bertz CT molecular complexity index is 641. The number of unbranched alkanes of at least 4 members (excludes halogenated alkanes) is 5. The van der Waals surface area contributed by atoms with Crippen molar-refractivity contribution in [3.8, 4) is 11.5 Å². The predicted octanol–water partition coefficient (Wildman–Crippen LogP) is 5.78. The predicted molar refractivity (Wildman–Crippen MR) is 104 cm³/mol. The minimum Gasteiger partial charge on any atom is -0.507 e. The monoisotopic (exact) mass is 362 g/mol. The molecule has 0 atom stereocenters. The van der Waals surface area contributed by atoms with Gasteiger partial charge < -0.3 is 9.84 Å². The van der Waals surface area contributed by atoms with Crippen LogP contribution < -0.4 is 4.74 Å². The molecular weight excluding hydrogens is 336 g/mol. The molecule has 0 aromatic heterocycles. The molecule has 0 unspecified atom stereocenters. The molecule has 0 aliphatic carbocycles. The third kappa shape index (κ3) is 6.79. The normalized spacial score (nSPS) is 10.1. The van der Waals surface area contributed by atoms with Gasteiger partial charge in [0.1, 0.15) is 11.5 Å². The van der Waals surface area contributed by atoms with Gasteiger partial charge >= 0.3 is 0 Å². The van der Waals surface area contributed by atoms with E-state index in [-0.39, 0.29) is 23.9 Å². The molecule has 4 heteroatoms. The van der Waals surface area contributed by atoms with Crippen molar-refractivity contribution >= 4 is 18.2 Å². The zero-order valence-corrected chi connectivity index (χ0v) is 15.6. The summed E-state index contributed by atoms with van der Waals surface area (Å²) in [4.78, 5) is 12.4. The van der Waals surface area contributed by atoms with Crippen LogP contribution in [0.1, 0.15) is 61.4 Å². The summed E-state index contributed by atoms with van der Waals surface area (Å²) in [7, 11) is 0. The number of carbonyl (C=O) groups excluding carboxylic acids is 1. The summed E-state index contributed by atoms with van der Waals surface area (Å²) in [5.74, 6) is 0.380. The summed E-state index contributed by atoms with van der Waals surface area (Å²) in [5.41, 5.74) is 0.863. The third-order valence-electron chi connectivity index (χ3n) is 4.02. The van der Waals surface area contributed by atoms with E-state index in [4.69, 9.17) is 4.74 Å². The SMILES string of the molecule is CCCCCCCCOc1ccc(C(=O)c2ccccc2)c(O)c1.Cl. The lowest BCUT2D eigenvalue weighted by Gasteiger charge is -2.09. The molecule has 25 heavy (non-hydrogen) atoms. The molecule has 0 spiro atoms. The van der Waals surface area contributed by atoms with Gasteiger partial charge in [-0.05, 0) is 18.6 Å². The van der Waals surface area contributed by atoms with E-state index in [1.54, 1.807) is 24.3 Å². The first-order valence-corrected chi connectivity index (χ1v) is 8.78. The average molecular weight is 363 g/mol. The van der Waals surface area contributed by atoms with Gasteiger partial charge in [0.25, 0.3) is 0 Å². The first-order chi connectivity index (χ1) is 11.7. The van der Waals surface area contributed by atoms with Crippen molar-refractivity contribution in [2.24, 2.45) is 0 Å². The van der Waals surface area contributed by atoms with Crippen molar-refractivity contribution in [1.82, 2.24) is 0 Å². The van der Waals surface area contributed by atoms with Crippen LogP contribution in [-0.4, -0.2) is 17.5 Å². The third-order valence-corrected chi connectivity index (χ3v) is 4.02. The van der Waals surface area contributed by atoms with Crippen LogP contribution in [0.4, 0.5) is 0 Å². The summed E-state index contributed by atoms with van der Waals surface area (Å²) in [6.45, 7) is 2.85. The van der Waals surface area contributed by atoms with Gasteiger partial charge in [0, 0.05) is 11.6 Å². The molecule has 2 aromatic carbocycles. The number of ether oxygens (including phenoxy) is 1. The van der Waals surface area contributed by atoms with Crippen molar-refractivity contribution in [2.75, 3.05) is 6.61 Å². The van der Waals surface area contributed by atoms with E-state index in [0.29, 0.717) is 23.5 Å². The van der Waals surface area contributed by atoms with Crippen LogP contribution in [-0.2, 0) is 0 Å². The Morgan fingerprint density at radius 1 is 0.960 bits per heavy atom. The summed E-state index contributed by atoms with van der Waals surface area (Å²) in [6.07, 6.45) is 7.25. The summed E-state index contributed by atoms with van der Waals surface area (Å²) in [5, 5.41) is 10.1. The average Bonchev–Trinajstić information content (AvgIpc) is 2.61. The van der Waals surface area contributed by atoms with Gasteiger partial charge in [-0.1, -0.05) is 69.4 Å². The number of hydrogen-bond acceptors (Lipinski definition) is 3. The number of phenolic OH excluding ortho intramolecular Hbond substituents is 1. The summed E-state index contributed by atoms with van der Waals surface area (Å²) >= 11 is 0. The Kier molecular flexibility index (Phi) is 9.71. The number of carbonyl (C=O) groups is 1. The van der Waals surface area contributed by atoms with Gasteiger partial charge in [-0.2, -0.15) is 0 Å². The molecule has 0 amide bonds. The van der Waals surface area contributed by atoms with Crippen LogP contribution in [0.5, 0.6) is 11.5 Å². The Labute approximate surface area is 156 Å². The molecule has 0 saturated carbocycles. The number of phenols is 1. The van der Waals surface area contributed by atoms with E-state index < -0.39 is 0 Å². The van der Waals surface area contributed by atoms with Crippen LogP contribution in [0, 0.1) is 0 Å². The highest BCUT2D eigenvalue weighted by Gasteiger charge is 2.13. The smallest absolute Gasteiger partial charge is 0.196 e. The number of aromatic hydroxyl groups is 1. The highest BCUT2D eigenvalue weighted by molar-refractivity contribution is 6.10. The standard InChI is InChI=1S/C21H26O3.ClH/c1-2-3-4-5-6-10-15-24-18-13-14-19(20(22)16-18)21(23)17-11-8-7-9-12-17;/h7-9,11-14,16,22H,2-6,10,15H2,1H3;1H. The van der Waals surface area contributed by atoms with Crippen molar-refractivity contribution < 1.29 is 14.6 Å². The van der Waals surface area contributed by atoms with Crippen molar-refractivity contribution in [2.45, 2.75) is 45.4 Å². The van der Waals surface area contributed by atoms with Gasteiger partial charge in [-0.25, -0.2) is 0 Å². The Morgan fingerprint density at radius 2 is 1.64 bits per heavy atom. The molecule has 3 nitrogen and oxygen atoms in total. The summed E-state index contributed by atoms with van der Waals surface area (Å²) < 4.78 is 5.66. The zero-order chi connectivity index (χ0) is 17.2. The molecule has 0 heterocycles. The number of halogens is 1. The van der Waals surface area contributed by atoms with E-state index in [2.05, 4.69) is 6.92 Å². The highest BCUT2D eigenvalue weighted by Crippen LogP contribution is 2.26. The van der Waals surface area contributed by atoms with Crippen LogP contribution in [0.15, 0.2) is 48.5 Å². The number of hydrogen-bond donors (Lipinski definition) is 1. The van der Waals surface area contributed by atoms with E-state index in [0.717, 1.165) is 12.8 Å². The molecule has 0 fully saturated rings. The van der Waals surface area contributed by atoms with Gasteiger partial charge in [-0.15, -0.1) is 12.4 Å². The largest absolute Gasteiger partial charge is 0.507 e. The van der Waals surface area contributed by atoms with Gasteiger partial charge in [0.2, 0.25) is 0 Å². The zero-order valence-electron chi connectivity index (χ0n) is 14.7. The first kappa shape index (κ1) is 21.0. The maximum Gasteiger partial charge on any atom is 0.196 e. The molecular formula is C21H27ClO3. The Balaban J connectivity index is 0.00000312. The fraction of sp³-hybridized carbons (Fsp3) is 0.381. The molecule has 136 valence electrons. The molecule has 0 aliphatic rings. The first-order valence-electron chi connectivity index (χ1n) is 8.78.